The minimum absolute atomic E-state index is 0.0470. The number of aryl methyl sites for hydroxylation is 4. The van der Waals surface area contributed by atoms with Crippen molar-refractivity contribution in [2.75, 3.05) is 19.8 Å². The van der Waals surface area contributed by atoms with Gasteiger partial charge in [-0.15, -0.1) is 0 Å². The quantitative estimate of drug-likeness (QED) is 0.329. The second-order valence-corrected chi connectivity index (χ2v) is 9.57. The number of nitrogens with zero attached hydrogens (tertiary/aromatic N) is 2. The van der Waals surface area contributed by atoms with E-state index in [1.807, 2.05) is 0 Å². The number of carbonyl (C=O) groups excluding carboxylic acids is 1. The Kier molecular flexibility index (Phi) is 9.18. The highest BCUT2D eigenvalue weighted by Crippen LogP contribution is 2.20. The third-order valence-corrected chi connectivity index (χ3v) is 6.86. The first-order valence-corrected chi connectivity index (χ1v) is 13.2. The van der Waals surface area contributed by atoms with Gasteiger partial charge in [0.05, 0.1) is 17.6 Å². The molecule has 188 valence electrons. The summed E-state index contributed by atoms with van der Waals surface area (Å²) in [6, 6.07) is 14.7. The summed E-state index contributed by atoms with van der Waals surface area (Å²) in [5.74, 6) is 2.16. The number of para-hydroxylation sites is 2. The van der Waals surface area contributed by atoms with Crippen LogP contribution in [0.25, 0.3) is 11.0 Å². The van der Waals surface area contributed by atoms with E-state index in [0.29, 0.717) is 6.61 Å². The molecule has 1 atom stereocenters. The van der Waals surface area contributed by atoms with Crippen LogP contribution in [0.15, 0.2) is 42.5 Å². The van der Waals surface area contributed by atoms with E-state index in [1.165, 1.54) is 16.6 Å². The molecule has 0 bridgehead atoms. The van der Waals surface area contributed by atoms with Gasteiger partial charge in [0.2, 0.25) is 5.91 Å². The van der Waals surface area contributed by atoms with Gasteiger partial charge in [-0.1, -0.05) is 24.6 Å². The maximum absolute atomic E-state index is 12.0. The van der Waals surface area contributed by atoms with Crippen molar-refractivity contribution in [2.24, 2.45) is 0 Å². The van der Waals surface area contributed by atoms with E-state index in [2.05, 4.69) is 66.2 Å². The molecule has 6 nitrogen and oxygen atoms in total. The Morgan fingerprint density at radius 3 is 2.80 bits per heavy atom. The third kappa shape index (κ3) is 7.07. The van der Waals surface area contributed by atoms with Crippen molar-refractivity contribution in [3.05, 3.63) is 59.4 Å². The molecule has 1 amide bonds. The fraction of sp³-hybridized carbons (Fsp3) is 0.517. The summed E-state index contributed by atoms with van der Waals surface area (Å²) in [7, 11) is 0. The minimum Gasteiger partial charge on any atom is -0.494 e. The van der Waals surface area contributed by atoms with Gasteiger partial charge < -0.3 is 19.4 Å². The lowest BCUT2D eigenvalue weighted by Crippen LogP contribution is -2.34. The van der Waals surface area contributed by atoms with Crippen LogP contribution in [-0.2, 0) is 22.5 Å². The number of imidazole rings is 1. The summed E-state index contributed by atoms with van der Waals surface area (Å²) in [6.07, 6.45) is 7.71. The number of amides is 1. The second-order valence-electron chi connectivity index (χ2n) is 9.57. The van der Waals surface area contributed by atoms with Gasteiger partial charge in [0, 0.05) is 26.1 Å². The lowest BCUT2D eigenvalue weighted by Gasteiger charge is -2.11. The highest BCUT2D eigenvalue weighted by Gasteiger charge is 2.22. The van der Waals surface area contributed by atoms with Crippen molar-refractivity contribution in [1.29, 1.82) is 0 Å². The van der Waals surface area contributed by atoms with Crippen molar-refractivity contribution < 1.29 is 14.3 Å². The number of hydrogen-bond acceptors (Lipinski definition) is 4. The van der Waals surface area contributed by atoms with Gasteiger partial charge in [-0.05, 0) is 87.8 Å². The zero-order chi connectivity index (χ0) is 24.5. The minimum atomic E-state index is -0.235. The molecule has 1 saturated heterocycles. The zero-order valence-corrected chi connectivity index (χ0v) is 21.2. The molecule has 1 N–H and O–H groups in total. The first-order valence-electron chi connectivity index (χ1n) is 13.2. The smallest absolute Gasteiger partial charge is 0.249 e. The average molecular weight is 478 g/mol. The Bertz CT molecular complexity index is 1100. The van der Waals surface area contributed by atoms with E-state index < -0.39 is 0 Å². The van der Waals surface area contributed by atoms with Crippen LogP contribution < -0.4 is 10.1 Å². The Hall–Kier alpha value is -2.86. The first-order chi connectivity index (χ1) is 17.1. The van der Waals surface area contributed by atoms with Gasteiger partial charge in [0.25, 0.3) is 0 Å². The Labute approximate surface area is 209 Å². The molecule has 1 aliphatic heterocycles. The van der Waals surface area contributed by atoms with E-state index in [0.717, 1.165) is 88.2 Å². The monoisotopic (exact) mass is 477 g/mol. The molecule has 1 aromatic heterocycles. The number of hydrogen-bond donors (Lipinski definition) is 1. The lowest BCUT2D eigenvalue weighted by molar-refractivity contribution is -0.130. The van der Waals surface area contributed by atoms with Crippen LogP contribution in [0.1, 0.15) is 61.9 Å². The molecule has 2 aromatic carbocycles. The van der Waals surface area contributed by atoms with E-state index >= 15 is 0 Å². The van der Waals surface area contributed by atoms with E-state index in [-0.39, 0.29) is 12.0 Å². The molecular formula is C29H39N3O3. The fourth-order valence-electron chi connectivity index (χ4n) is 4.63. The molecular weight excluding hydrogens is 438 g/mol. The number of aromatic nitrogens is 2. The second kappa shape index (κ2) is 12.7. The summed E-state index contributed by atoms with van der Waals surface area (Å²) in [6.45, 7) is 7.34. The van der Waals surface area contributed by atoms with Gasteiger partial charge in [-0.25, -0.2) is 4.98 Å². The van der Waals surface area contributed by atoms with Crippen LogP contribution >= 0.6 is 0 Å². The lowest BCUT2D eigenvalue weighted by atomic mass is 10.1. The molecule has 0 aliphatic carbocycles. The number of fused-ring (bicyclic) bond motifs is 1. The summed E-state index contributed by atoms with van der Waals surface area (Å²) in [5.41, 5.74) is 4.83. The predicted molar refractivity (Wildman–Crippen MR) is 140 cm³/mol. The molecule has 35 heavy (non-hydrogen) atoms. The molecule has 1 fully saturated rings. The average Bonchev–Trinajstić information content (AvgIpc) is 3.52. The highest BCUT2D eigenvalue weighted by molar-refractivity contribution is 5.80. The van der Waals surface area contributed by atoms with Gasteiger partial charge in [-0.2, -0.15) is 0 Å². The van der Waals surface area contributed by atoms with Crippen LogP contribution in [0.2, 0.25) is 0 Å². The van der Waals surface area contributed by atoms with Crippen molar-refractivity contribution >= 4 is 16.9 Å². The number of carbonyl (C=O) groups is 1. The first kappa shape index (κ1) is 25.2. The van der Waals surface area contributed by atoms with Crippen LogP contribution in [0.4, 0.5) is 0 Å². The molecule has 3 aromatic rings. The standard InChI is InChI=1S/C29H39N3O3/c1-22-15-16-24(21-23(22)2)34-19-9-8-18-32-26-12-6-5-11-25(26)31-28(32)14-4-3-7-17-30-29(33)27-13-10-20-35-27/h5-6,11-12,15-16,21,27H,3-4,7-10,13-14,17-20H2,1-2H3,(H,30,33). The fourth-order valence-corrected chi connectivity index (χ4v) is 4.63. The largest absolute Gasteiger partial charge is 0.494 e. The van der Waals surface area contributed by atoms with E-state index in [9.17, 15) is 4.79 Å². The van der Waals surface area contributed by atoms with Crippen LogP contribution in [0.3, 0.4) is 0 Å². The Morgan fingerprint density at radius 2 is 1.97 bits per heavy atom. The molecule has 0 spiro atoms. The van der Waals surface area contributed by atoms with Gasteiger partial charge in [0.1, 0.15) is 17.7 Å². The summed E-state index contributed by atoms with van der Waals surface area (Å²) in [5, 5.41) is 3.02. The summed E-state index contributed by atoms with van der Waals surface area (Å²) < 4.78 is 13.8. The third-order valence-electron chi connectivity index (χ3n) is 6.86. The number of benzene rings is 2. The molecule has 4 rings (SSSR count). The Balaban J connectivity index is 1.21. The van der Waals surface area contributed by atoms with Crippen molar-refractivity contribution in [3.8, 4) is 5.75 Å². The van der Waals surface area contributed by atoms with Crippen molar-refractivity contribution in [3.63, 3.8) is 0 Å². The number of ether oxygens (including phenoxy) is 2. The molecule has 0 radical (unpaired) electrons. The Morgan fingerprint density at radius 1 is 1.09 bits per heavy atom. The normalized spacial score (nSPS) is 15.5. The SMILES string of the molecule is Cc1ccc(OCCCCn2c(CCCCCNC(=O)C3CCCO3)nc3ccccc32)cc1C. The number of unbranched alkanes of at least 4 members (excludes halogenated alkanes) is 3. The molecule has 6 heteroatoms. The number of nitrogens with one attached hydrogen (secondary N) is 1. The van der Waals surface area contributed by atoms with Crippen molar-refractivity contribution in [1.82, 2.24) is 14.9 Å². The van der Waals surface area contributed by atoms with Crippen LogP contribution in [0, 0.1) is 13.8 Å². The zero-order valence-electron chi connectivity index (χ0n) is 21.2. The molecule has 0 saturated carbocycles. The van der Waals surface area contributed by atoms with Gasteiger partial charge in [-0.3, -0.25) is 4.79 Å². The number of rotatable bonds is 13. The summed E-state index contributed by atoms with van der Waals surface area (Å²) >= 11 is 0. The molecule has 1 aliphatic rings. The maximum Gasteiger partial charge on any atom is 0.249 e. The van der Waals surface area contributed by atoms with Crippen LogP contribution in [-0.4, -0.2) is 41.3 Å². The maximum atomic E-state index is 12.0. The van der Waals surface area contributed by atoms with Crippen molar-refractivity contribution in [2.45, 2.75) is 77.9 Å². The predicted octanol–water partition coefficient (Wildman–Crippen LogP) is 5.52. The van der Waals surface area contributed by atoms with E-state index in [1.54, 1.807) is 0 Å². The highest BCUT2D eigenvalue weighted by atomic mass is 16.5. The molecule has 2 heterocycles. The van der Waals surface area contributed by atoms with E-state index in [4.69, 9.17) is 14.5 Å². The summed E-state index contributed by atoms with van der Waals surface area (Å²) in [4.78, 5) is 17.0. The van der Waals surface area contributed by atoms with Gasteiger partial charge in [0.15, 0.2) is 0 Å². The van der Waals surface area contributed by atoms with Crippen LogP contribution in [0.5, 0.6) is 5.75 Å². The van der Waals surface area contributed by atoms with Gasteiger partial charge >= 0.3 is 0 Å². The molecule has 1 unspecified atom stereocenters. The topological polar surface area (TPSA) is 65.4 Å².